The van der Waals surface area contributed by atoms with Crippen molar-refractivity contribution in [2.45, 2.75) is 19.3 Å². The Morgan fingerprint density at radius 2 is 1.82 bits per heavy atom. The maximum atomic E-state index is 13.4. The molecule has 2 amide bonds. The fraction of sp³-hybridized carbons (Fsp3) is 0.250. The summed E-state index contributed by atoms with van der Waals surface area (Å²) in [6, 6.07) is 23.9. The number of pyridine rings is 1. The molecule has 1 aliphatic rings. The molecule has 1 N–H and O–H groups in total. The van der Waals surface area contributed by atoms with Gasteiger partial charge in [-0.05, 0) is 48.1 Å². The third-order valence-electron chi connectivity index (χ3n) is 6.21. The van der Waals surface area contributed by atoms with Crippen molar-refractivity contribution in [2.24, 2.45) is 5.41 Å². The number of hydrogen-bond acceptors (Lipinski definition) is 3. The Bertz CT molecular complexity index is 1110. The summed E-state index contributed by atoms with van der Waals surface area (Å²) in [6.07, 6.45) is 5.34. The number of carbonyl (C=O) groups is 2. The highest BCUT2D eigenvalue weighted by molar-refractivity contribution is 5.93. The van der Waals surface area contributed by atoms with Crippen LogP contribution in [0.15, 0.2) is 91.6 Å². The lowest BCUT2D eigenvalue weighted by atomic mass is 9.74. The molecule has 1 fully saturated rings. The van der Waals surface area contributed by atoms with Crippen molar-refractivity contribution in [3.63, 3.8) is 0 Å². The SMILES string of the molecule is C=CCNC(=O)C1(Cc2cccc(-c3ccccc3)c2)CCCN(C(=O)c2ccccn2)C1. The van der Waals surface area contributed by atoms with E-state index >= 15 is 0 Å². The maximum Gasteiger partial charge on any atom is 0.272 e. The van der Waals surface area contributed by atoms with Gasteiger partial charge < -0.3 is 10.2 Å². The van der Waals surface area contributed by atoms with Gasteiger partial charge in [0.1, 0.15) is 5.69 Å². The van der Waals surface area contributed by atoms with Crippen LogP contribution in [-0.4, -0.2) is 41.3 Å². The Labute approximate surface area is 195 Å². The van der Waals surface area contributed by atoms with Gasteiger partial charge in [0, 0.05) is 25.8 Å². The van der Waals surface area contributed by atoms with E-state index in [4.69, 9.17) is 0 Å². The van der Waals surface area contributed by atoms with Crippen molar-refractivity contribution >= 4 is 11.8 Å². The molecule has 1 aromatic heterocycles. The maximum absolute atomic E-state index is 13.4. The number of piperidine rings is 1. The highest BCUT2D eigenvalue weighted by Gasteiger charge is 2.43. The summed E-state index contributed by atoms with van der Waals surface area (Å²) in [5.74, 6) is -0.166. The molecule has 0 spiro atoms. The lowest BCUT2D eigenvalue weighted by molar-refractivity contribution is -0.133. The van der Waals surface area contributed by atoms with E-state index in [0.717, 1.165) is 29.5 Å². The number of benzene rings is 2. The average Bonchev–Trinajstić information content (AvgIpc) is 2.88. The molecule has 2 aromatic carbocycles. The van der Waals surface area contributed by atoms with Gasteiger partial charge in [-0.1, -0.05) is 66.7 Å². The molecule has 0 aliphatic carbocycles. The molecule has 1 aliphatic heterocycles. The minimum atomic E-state index is -0.707. The molecular formula is C28H29N3O2. The van der Waals surface area contributed by atoms with Crippen LogP contribution in [0.1, 0.15) is 28.9 Å². The van der Waals surface area contributed by atoms with Gasteiger partial charge >= 0.3 is 0 Å². The summed E-state index contributed by atoms with van der Waals surface area (Å²) < 4.78 is 0. The molecule has 5 heteroatoms. The molecule has 0 saturated carbocycles. The Hall–Kier alpha value is -3.73. The molecule has 1 unspecified atom stereocenters. The van der Waals surface area contributed by atoms with Crippen molar-refractivity contribution < 1.29 is 9.59 Å². The third kappa shape index (κ3) is 5.20. The first-order chi connectivity index (χ1) is 16.1. The average molecular weight is 440 g/mol. The minimum absolute atomic E-state index is 0.0361. The summed E-state index contributed by atoms with van der Waals surface area (Å²) in [4.78, 5) is 32.6. The predicted octanol–water partition coefficient (Wildman–Crippen LogP) is 4.52. The van der Waals surface area contributed by atoms with Crippen LogP contribution >= 0.6 is 0 Å². The first-order valence-corrected chi connectivity index (χ1v) is 11.4. The Kier molecular flexibility index (Phi) is 6.98. The van der Waals surface area contributed by atoms with E-state index in [9.17, 15) is 9.59 Å². The molecule has 1 atom stereocenters. The first kappa shape index (κ1) is 22.5. The quantitative estimate of drug-likeness (QED) is 0.551. The Morgan fingerprint density at radius 3 is 2.58 bits per heavy atom. The van der Waals surface area contributed by atoms with Crippen molar-refractivity contribution in [3.8, 4) is 11.1 Å². The molecule has 4 rings (SSSR count). The molecule has 0 radical (unpaired) electrons. The fourth-order valence-electron chi connectivity index (χ4n) is 4.60. The van der Waals surface area contributed by atoms with Crippen LogP contribution in [0.5, 0.6) is 0 Å². The molecule has 3 aromatic rings. The minimum Gasteiger partial charge on any atom is -0.352 e. The zero-order valence-electron chi connectivity index (χ0n) is 18.7. The monoisotopic (exact) mass is 439 g/mol. The second kappa shape index (κ2) is 10.3. The van der Waals surface area contributed by atoms with Crippen molar-refractivity contribution in [2.75, 3.05) is 19.6 Å². The van der Waals surface area contributed by atoms with Crippen molar-refractivity contribution in [3.05, 3.63) is 103 Å². The summed E-state index contributed by atoms with van der Waals surface area (Å²) >= 11 is 0. The van der Waals surface area contributed by atoms with E-state index < -0.39 is 5.41 Å². The molecule has 1 saturated heterocycles. The lowest BCUT2D eigenvalue weighted by Gasteiger charge is -2.41. The first-order valence-electron chi connectivity index (χ1n) is 11.4. The number of nitrogens with zero attached hydrogens (tertiary/aromatic N) is 2. The van der Waals surface area contributed by atoms with Crippen LogP contribution in [0.4, 0.5) is 0 Å². The number of aromatic nitrogens is 1. The van der Waals surface area contributed by atoms with E-state index in [-0.39, 0.29) is 11.8 Å². The van der Waals surface area contributed by atoms with Crippen LogP contribution in [0, 0.1) is 5.41 Å². The lowest BCUT2D eigenvalue weighted by Crippen LogP contribution is -2.54. The normalized spacial score (nSPS) is 17.9. The van der Waals surface area contributed by atoms with Gasteiger partial charge in [-0.2, -0.15) is 0 Å². The van der Waals surface area contributed by atoms with Gasteiger partial charge in [-0.15, -0.1) is 6.58 Å². The fourth-order valence-corrected chi connectivity index (χ4v) is 4.60. The van der Waals surface area contributed by atoms with Crippen LogP contribution in [-0.2, 0) is 11.2 Å². The van der Waals surface area contributed by atoms with Crippen LogP contribution in [0.3, 0.4) is 0 Å². The van der Waals surface area contributed by atoms with Crippen LogP contribution in [0.2, 0.25) is 0 Å². The smallest absolute Gasteiger partial charge is 0.272 e. The number of hydrogen-bond donors (Lipinski definition) is 1. The predicted molar refractivity (Wildman–Crippen MR) is 131 cm³/mol. The Balaban J connectivity index is 1.63. The summed E-state index contributed by atoms with van der Waals surface area (Å²) in [5, 5.41) is 3.00. The largest absolute Gasteiger partial charge is 0.352 e. The molecule has 0 bridgehead atoms. The molecule has 5 nitrogen and oxygen atoms in total. The van der Waals surface area contributed by atoms with E-state index in [1.807, 2.05) is 30.3 Å². The van der Waals surface area contributed by atoms with Gasteiger partial charge in [0.25, 0.3) is 5.91 Å². The molecule has 168 valence electrons. The summed E-state index contributed by atoms with van der Waals surface area (Å²) in [6.45, 7) is 5.11. The second-order valence-corrected chi connectivity index (χ2v) is 8.57. The van der Waals surface area contributed by atoms with Crippen LogP contribution < -0.4 is 5.32 Å². The summed E-state index contributed by atoms with van der Waals surface area (Å²) in [5.41, 5.74) is 3.04. The highest BCUT2D eigenvalue weighted by Crippen LogP contribution is 2.35. The van der Waals surface area contributed by atoms with E-state index in [1.54, 1.807) is 29.3 Å². The van der Waals surface area contributed by atoms with E-state index in [2.05, 4.69) is 47.2 Å². The number of rotatable bonds is 7. The highest BCUT2D eigenvalue weighted by atomic mass is 16.2. The number of carbonyl (C=O) groups excluding carboxylic acids is 2. The van der Waals surface area contributed by atoms with Gasteiger partial charge in [0.2, 0.25) is 5.91 Å². The van der Waals surface area contributed by atoms with Crippen molar-refractivity contribution in [1.82, 2.24) is 15.2 Å². The van der Waals surface area contributed by atoms with Crippen LogP contribution in [0.25, 0.3) is 11.1 Å². The van der Waals surface area contributed by atoms with E-state index in [1.165, 1.54) is 0 Å². The summed E-state index contributed by atoms with van der Waals surface area (Å²) in [7, 11) is 0. The topological polar surface area (TPSA) is 62.3 Å². The molecular weight excluding hydrogens is 410 g/mol. The van der Waals surface area contributed by atoms with Crippen molar-refractivity contribution in [1.29, 1.82) is 0 Å². The molecule has 33 heavy (non-hydrogen) atoms. The van der Waals surface area contributed by atoms with E-state index in [0.29, 0.717) is 31.7 Å². The van der Waals surface area contributed by atoms with Gasteiger partial charge in [0.15, 0.2) is 0 Å². The molecule has 2 heterocycles. The zero-order chi connectivity index (χ0) is 23.1. The third-order valence-corrected chi connectivity index (χ3v) is 6.21. The Morgan fingerprint density at radius 1 is 1.03 bits per heavy atom. The van der Waals surface area contributed by atoms with Gasteiger partial charge in [-0.25, -0.2) is 0 Å². The number of likely N-dealkylation sites (tertiary alicyclic amines) is 1. The number of amides is 2. The van der Waals surface area contributed by atoms with Gasteiger partial charge in [-0.3, -0.25) is 14.6 Å². The van der Waals surface area contributed by atoms with Gasteiger partial charge in [0.05, 0.1) is 5.41 Å². The zero-order valence-corrected chi connectivity index (χ0v) is 18.7. The number of nitrogens with one attached hydrogen (secondary N) is 1. The second-order valence-electron chi connectivity index (χ2n) is 8.57. The standard InChI is InChI=1S/C28H29N3O2/c1-2-16-30-27(33)28(15-9-18-31(21-28)26(32)25-14-6-7-17-29-25)20-22-10-8-13-24(19-22)23-11-4-3-5-12-23/h2-8,10-14,17,19H,1,9,15-16,18,20-21H2,(H,30,33).